The van der Waals surface area contributed by atoms with Crippen LogP contribution in [0.3, 0.4) is 0 Å². The minimum absolute atomic E-state index is 0.0129. The van der Waals surface area contributed by atoms with Gasteiger partial charge >= 0.3 is 5.97 Å². The zero-order valence-corrected chi connectivity index (χ0v) is 9.71. The Morgan fingerprint density at radius 1 is 1.20 bits per heavy atom. The monoisotopic (exact) mass is 210 g/mol. The molecule has 2 nitrogen and oxygen atoms in total. The summed E-state index contributed by atoms with van der Waals surface area (Å²) in [6, 6.07) is 0. The molecule has 2 fully saturated rings. The highest BCUT2D eigenvalue weighted by molar-refractivity contribution is 5.69. The van der Waals surface area contributed by atoms with Gasteiger partial charge < -0.3 is 4.74 Å². The first-order chi connectivity index (χ1) is 7.29. The lowest BCUT2D eigenvalue weighted by molar-refractivity contribution is -0.151. The first kappa shape index (κ1) is 11.0. The Bertz CT molecular complexity index is 225. The van der Waals surface area contributed by atoms with E-state index in [1.807, 2.05) is 6.92 Å². The van der Waals surface area contributed by atoms with Crippen molar-refractivity contribution in [3.8, 4) is 0 Å². The molecule has 0 amide bonds. The fraction of sp³-hybridized carbons (Fsp3) is 0.923. The highest BCUT2D eigenvalue weighted by Gasteiger charge is 2.34. The molecule has 0 aromatic rings. The molecule has 0 N–H and O–H groups in total. The number of carbonyl (C=O) groups is 1. The Hall–Kier alpha value is -0.530. The highest BCUT2D eigenvalue weighted by atomic mass is 16.5. The van der Waals surface area contributed by atoms with Crippen molar-refractivity contribution in [2.24, 2.45) is 11.8 Å². The van der Waals surface area contributed by atoms with Crippen LogP contribution in [0, 0.1) is 11.8 Å². The third kappa shape index (κ3) is 2.73. The molecule has 2 heteroatoms. The first-order valence-corrected chi connectivity index (χ1v) is 6.49. The molecule has 15 heavy (non-hydrogen) atoms. The summed E-state index contributed by atoms with van der Waals surface area (Å²) in [5.74, 6) is 1.82. The number of esters is 1. The fourth-order valence-corrected chi connectivity index (χ4v) is 3.22. The lowest BCUT2D eigenvalue weighted by Gasteiger charge is -2.31. The van der Waals surface area contributed by atoms with Crippen LogP contribution in [-0.4, -0.2) is 12.1 Å². The van der Waals surface area contributed by atoms with Crippen molar-refractivity contribution in [2.45, 2.75) is 64.4 Å². The number of carbonyl (C=O) groups excluding carboxylic acids is 1. The van der Waals surface area contributed by atoms with E-state index in [4.69, 9.17) is 4.74 Å². The Morgan fingerprint density at radius 3 is 2.80 bits per heavy atom. The number of ether oxygens (including phenoxy) is 1. The van der Waals surface area contributed by atoms with Crippen LogP contribution in [-0.2, 0) is 9.53 Å². The van der Waals surface area contributed by atoms with Gasteiger partial charge in [0.15, 0.2) is 0 Å². The zero-order chi connectivity index (χ0) is 10.7. The van der Waals surface area contributed by atoms with Gasteiger partial charge in [-0.15, -0.1) is 0 Å². The maximum Gasteiger partial charge on any atom is 0.306 e. The van der Waals surface area contributed by atoms with E-state index >= 15 is 0 Å². The summed E-state index contributed by atoms with van der Waals surface area (Å²) in [7, 11) is 0. The van der Waals surface area contributed by atoms with Crippen molar-refractivity contribution in [1.82, 2.24) is 0 Å². The van der Waals surface area contributed by atoms with Gasteiger partial charge in [-0.3, -0.25) is 4.79 Å². The van der Waals surface area contributed by atoms with Crippen LogP contribution in [0.2, 0.25) is 0 Å². The summed E-state index contributed by atoms with van der Waals surface area (Å²) in [6.45, 7) is 2.02. The van der Waals surface area contributed by atoms with Gasteiger partial charge in [-0.1, -0.05) is 26.2 Å². The first-order valence-electron chi connectivity index (χ1n) is 6.49. The van der Waals surface area contributed by atoms with Crippen LogP contribution < -0.4 is 0 Å². The van der Waals surface area contributed by atoms with Crippen molar-refractivity contribution < 1.29 is 9.53 Å². The van der Waals surface area contributed by atoms with E-state index in [0.717, 1.165) is 31.1 Å². The second-order valence-electron chi connectivity index (χ2n) is 5.13. The Kier molecular flexibility index (Phi) is 3.66. The van der Waals surface area contributed by atoms with E-state index in [0.29, 0.717) is 6.42 Å². The molecule has 0 spiro atoms. The summed E-state index contributed by atoms with van der Waals surface area (Å²) >= 11 is 0. The van der Waals surface area contributed by atoms with Gasteiger partial charge in [-0.2, -0.15) is 0 Å². The van der Waals surface area contributed by atoms with Crippen LogP contribution in [0.4, 0.5) is 0 Å². The molecular formula is C13H22O2. The largest absolute Gasteiger partial charge is 0.462 e. The summed E-state index contributed by atoms with van der Waals surface area (Å²) < 4.78 is 5.50. The Morgan fingerprint density at radius 2 is 2.00 bits per heavy atom. The molecule has 0 bridgehead atoms. The molecule has 3 atom stereocenters. The molecule has 2 saturated carbocycles. The Labute approximate surface area is 92.4 Å². The standard InChI is InChI=1S/C13H22O2/c1-2-4-13(14)15-12-8-7-10-5-3-6-11(10)9-12/h10-12H,2-9H2,1H3. The van der Waals surface area contributed by atoms with E-state index in [2.05, 4.69) is 0 Å². The number of fused-ring (bicyclic) bond motifs is 1. The zero-order valence-electron chi connectivity index (χ0n) is 9.71. The van der Waals surface area contributed by atoms with Gasteiger partial charge in [0.1, 0.15) is 6.10 Å². The predicted molar refractivity (Wildman–Crippen MR) is 59.5 cm³/mol. The summed E-state index contributed by atoms with van der Waals surface area (Å²) in [5, 5.41) is 0. The van der Waals surface area contributed by atoms with Crippen molar-refractivity contribution in [3.05, 3.63) is 0 Å². The maximum atomic E-state index is 11.4. The molecule has 0 aromatic carbocycles. The Balaban J connectivity index is 1.77. The van der Waals surface area contributed by atoms with Gasteiger partial charge in [0.25, 0.3) is 0 Å². The van der Waals surface area contributed by atoms with Crippen molar-refractivity contribution in [2.75, 3.05) is 0 Å². The second-order valence-corrected chi connectivity index (χ2v) is 5.13. The second kappa shape index (κ2) is 5.00. The third-order valence-electron chi connectivity index (χ3n) is 3.99. The lowest BCUT2D eigenvalue weighted by atomic mass is 9.80. The molecule has 2 aliphatic carbocycles. The molecule has 2 aliphatic rings. The van der Waals surface area contributed by atoms with E-state index in [9.17, 15) is 4.79 Å². The molecule has 3 unspecified atom stereocenters. The SMILES string of the molecule is CCCC(=O)OC1CCC2CCCC2C1. The van der Waals surface area contributed by atoms with Crippen molar-refractivity contribution in [1.29, 1.82) is 0 Å². The smallest absolute Gasteiger partial charge is 0.306 e. The minimum Gasteiger partial charge on any atom is -0.462 e. The predicted octanol–water partition coefficient (Wildman–Crippen LogP) is 3.30. The van der Waals surface area contributed by atoms with E-state index in [1.54, 1.807) is 0 Å². The average Bonchev–Trinajstić information content (AvgIpc) is 2.65. The van der Waals surface area contributed by atoms with Crippen LogP contribution in [0.1, 0.15) is 58.3 Å². The minimum atomic E-state index is 0.0129. The van der Waals surface area contributed by atoms with Crippen LogP contribution in [0.25, 0.3) is 0 Å². The number of hydrogen-bond acceptors (Lipinski definition) is 2. The van der Waals surface area contributed by atoms with Crippen molar-refractivity contribution >= 4 is 5.97 Å². The summed E-state index contributed by atoms with van der Waals surface area (Å²) in [6.07, 6.45) is 9.44. The molecule has 0 saturated heterocycles. The van der Waals surface area contributed by atoms with Gasteiger partial charge in [-0.25, -0.2) is 0 Å². The van der Waals surface area contributed by atoms with Gasteiger partial charge in [0.05, 0.1) is 0 Å². The lowest BCUT2D eigenvalue weighted by Crippen LogP contribution is -2.28. The van der Waals surface area contributed by atoms with Crippen LogP contribution >= 0.6 is 0 Å². The average molecular weight is 210 g/mol. The normalized spacial score (nSPS) is 34.9. The maximum absolute atomic E-state index is 11.4. The van der Waals surface area contributed by atoms with Crippen molar-refractivity contribution in [3.63, 3.8) is 0 Å². The number of hydrogen-bond donors (Lipinski definition) is 0. The molecule has 0 aliphatic heterocycles. The van der Waals surface area contributed by atoms with Crippen LogP contribution in [0.15, 0.2) is 0 Å². The summed E-state index contributed by atoms with van der Waals surface area (Å²) in [4.78, 5) is 11.4. The van der Waals surface area contributed by atoms with Gasteiger partial charge in [0, 0.05) is 6.42 Å². The molecule has 0 heterocycles. The quantitative estimate of drug-likeness (QED) is 0.668. The van der Waals surface area contributed by atoms with Gasteiger partial charge in [-0.05, 0) is 37.5 Å². The topological polar surface area (TPSA) is 26.3 Å². The van der Waals surface area contributed by atoms with E-state index < -0.39 is 0 Å². The summed E-state index contributed by atoms with van der Waals surface area (Å²) in [5.41, 5.74) is 0. The van der Waals surface area contributed by atoms with Gasteiger partial charge in [0.2, 0.25) is 0 Å². The molecule has 0 radical (unpaired) electrons. The molecule has 0 aromatic heterocycles. The molecular weight excluding hydrogens is 188 g/mol. The molecule has 2 rings (SSSR count). The van der Waals surface area contributed by atoms with Crippen LogP contribution in [0.5, 0.6) is 0 Å². The fourth-order valence-electron chi connectivity index (χ4n) is 3.22. The number of rotatable bonds is 3. The highest BCUT2D eigenvalue weighted by Crippen LogP contribution is 2.42. The molecule has 86 valence electrons. The third-order valence-corrected chi connectivity index (χ3v) is 3.99. The van der Waals surface area contributed by atoms with E-state index in [1.165, 1.54) is 25.7 Å². The van der Waals surface area contributed by atoms with E-state index in [-0.39, 0.29) is 12.1 Å².